The number of hydrogen-bond donors (Lipinski definition) is 0. The predicted octanol–water partition coefficient (Wildman–Crippen LogP) is -9.90. The van der Waals surface area contributed by atoms with Crippen LogP contribution in [0.25, 0.3) is 0 Å². The Morgan fingerprint density at radius 2 is 0.154 bits per heavy atom. The SMILES string of the molecule is O.O.O.O.O.O.O.O.O.O.O.O.[Gd]. The van der Waals surface area contributed by atoms with Gasteiger partial charge in [0.1, 0.15) is 0 Å². The molecule has 24 N–H and O–H groups in total. The zero-order valence-corrected chi connectivity index (χ0v) is 8.62. The van der Waals surface area contributed by atoms with Crippen molar-refractivity contribution >= 4 is 0 Å². The van der Waals surface area contributed by atoms with Gasteiger partial charge in [0.15, 0.2) is 0 Å². The summed E-state index contributed by atoms with van der Waals surface area (Å²) in [6.07, 6.45) is 0. The summed E-state index contributed by atoms with van der Waals surface area (Å²) in [5.41, 5.74) is 0. The van der Waals surface area contributed by atoms with E-state index in [1.54, 1.807) is 0 Å². The second-order valence-electron chi connectivity index (χ2n) is 0. The molecule has 0 aliphatic carbocycles. The molecular weight excluding hydrogens is 349 g/mol. The molecule has 0 aromatic rings. The van der Waals surface area contributed by atoms with Gasteiger partial charge in [0, 0.05) is 39.9 Å². The van der Waals surface area contributed by atoms with Crippen LogP contribution in [0.15, 0.2) is 0 Å². The Balaban J connectivity index is 0. The second kappa shape index (κ2) is 2530. The van der Waals surface area contributed by atoms with E-state index in [9.17, 15) is 0 Å². The van der Waals surface area contributed by atoms with Crippen molar-refractivity contribution in [2.75, 3.05) is 0 Å². The Bertz CT molecular complexity index is 5.09. The standard InChI is InChI=1S/Gd.12H2O/h;12*1H2. The number of rotatable bonds is 0. The van der Waals surface area contributed by atoms with Crippen LogP contribution < -0.4 is 0 Å². The van der Waals surface area contributed by atoms with Crippen molar-refractivity contribution in [2.24, 2.45) is 0 Å². The zero-order valence-electron chi connectivity index (χ0n) is 6.35. The molecule has 0 saturated carbocycles. The van der Waals surface area contributed by atoms with Crippen LogP contribution in [0.4, 0.5) is 0 Å². The summed E-state index contributed by atoms with van der Waals surface area (Å²) in [6.45, 7) is 0. The van der Waals surface area contributed by atoms with Crippen LogP contribution >= 0.6 is 0 Å². The van der Waals surface area contributed by atoms with E-state index < -0.39 is 0 Å². The Morgan fingerprint density at radius 3 is 0.154 bits per heavy atom. The molecule has 0 heterocycles. The van der Waals surface area contributed by atoms with Gasteiger partial charge in [-0.05, 0) is 0 Å². The summed E-state index contributed by atoms with van der Waals surface area (Å²) < 4.78 is 0. The first kappa shape index (κ1) is 3200. The minimum atomic E-state index is 0. The molecule has 0 aromatic heterocycles. The molecule has 12 nitrogen and oxygen atoms in total. The van der Waals surface area contributed by atoms with Crippen LogP contribution in [0.1, 0.15) is 0 Å². The first-order valence-electron chi connectivity index (χ1n) is 0. The van der Waals surface area contributed by atoms with Gasteiger partial charge in [-0.3, -0.25) is 0 Å². The first-order valence-corrected chi connectivity index (χ1v) is 0. The molecule has 0 unspecified atom stereocenters. The zero-order chi connectivity index (χ0) is 0. The molecule has 0 amide bonds. The van der Waals surface area contributed by atoms with E-state index in [4.69, 9.17) is 0 Å². The van der Waals surface area contributed by atoms with Gasteiger partial charge in [-0.25, -0.2) is 0 Å². The van der Waals surface area contributed by atoms with E-state index in [-0.39, 0.29) is 106 Å². The van der Waals surface area contributed by atoms with Crippen molar-refractivity contribution in [2.45, 2.75) is 0 Å². The normalized spacial score (nSPS) is 0. The molecule has 0 radical (unpaired) electrons. The Morgan fingerprint density at radius 1 is 0.154 bits per heavy atom. The van der Waals surface area contributed by atoms with Gasteiger partial charge >= 0.3 is 0 Å². The molecule has 0 fully saturated rings. The summed E-state index contributed by atoms with van der Waals surface area (Å²) in [5, 5.41) is 0. The molecule has 0 aromatic carbocycles. The van der Waals surface area contributed by atoms with Crippen molar-refractivity contribution in [3.8, 4) is 0 Å². The van der Waals surface area contributed by atoms with E-state index in [1.807, 2.05) is 0 Å². The summed E-state index contributed by atoms with van der Waals surface area (Å²) >= 11 is 0. The Kier molecular flexibility index (Phi) is 622000. The van der Waals surface area contributed by atoms with Crippen molar-refractivity contribution < 1.29 is 106 Å². The third-order valence-corrected chi connectivity index (χ3v) is 0. The van der Waals surface area contributed by atoms with Gasteiger partial charge in [-0.15, -0.1) is 0 Å². The van der Waals surface area contributed by atoms with Crippen molar-refractivity contribution in [1.82, 2.24) is 0 Å². The van der Waals surface area contributed by atoms with E-state index in [2.05, 4.69) is 0 Å². The van der Waals surface area contributed by atoms with Crippen LogP contribution in [0.2, 0.25) is 0 Å². The molecule has 0 aliphatic heterocycles. The quantitative estimate of drug-likeness (QED) is 0.381. The topological polar surface area (TPSA) is 378 Å². The second-order valence-corrected chi connectivity index (χ2v) is 0. The van der Waals surface area contributed by atoms with Crippen LogP contribution in [0.3, 0.4) is 0 Å². The predicted molar refractivity (Wildman–Crippen MR) is 43.4 cm³/mol. The first-order chi connectivity index (χ1) is 0. The summed E-state index contributed by atoms with van der Waals surface area (Å²) in [6, 6.07) is 0. The molecule has 0 rings (SSSR count). The van der Waals surface area contributed by atoms with E-state index in [1.165, 1.54) is 0 Å². The molecule has 0 spiro atoms. The van der Waals surface area contributed by atoms with Crippen molar-refractivity contribution in [1.29, 1.82) is 0 Å². The maximum Gasteiger partial charge on any atom is 0 e. The van der Waals surface area contributed by atoms with Gasteiger partial charge in [-0.1, -0.05) is 0 Å². The van der Waals surface area contributed by atoms with Crippen molar-refractivity contribution in [3.63, 3.8) is 0 Å². The van der Waals surface area contributed by atoms with Crippen LogP contribution in [-0.4, -0.2) is 65.7 Å². The molecule has 0 atom stereocenters. The molecule has 0 aliphatic rings. The Hall–Kier alpha value is 0.845. The molecule has 104 valence electrons. The van der Waals surface area contributed by atoms with Gasteiger partial charge < -0.3 is 65.7 Å². The number of hydrogen-bond acceptors (Lipinski definition) is 0. The molecular formula is H24GdO12. The van der Waals surface area contributed by atoms with Gasteiger partial charge in [0.05, 0.1) is 0 Å². The summed E-state index contributed by atoms with van der Waals surface area (Å²) in [7, 11) is 0. The minimum Gasteiger partial charge on any atom is -0.412 e. The fraction of sp³-hybridized carbons (Fsp3) is 0. The van der Waals surface area contributed by atoms with E-state index in [0.29, 0.717) is 0 Å². The fourth-order valence-electron chi connectivity index (χ4n) is 0. The molecule has 0 bridgehead atoms. The van der Waals surface area contributed by atoms with E-state index >= 15 is 0 Å². The molecule has 0 saturated heterocycles. The van der Waals surface area contributed by atoms with Crippen LogP contribution in [-0.2, 0) is 0 Å². The largest absolute Gasteiger partial charge is 0.412 e. The smallest absolute Gasteiger partial charge is 0 e. The monoisotopic (exact) mass is 374 g/mol. The summed E-state index contributed by atoms with van der Waals surface area (Å²) in [4.78, 5) is 0. The van der Waals surface area contributed by atoms with E-state index in [0.717, 1.165) is 0 Å². The van der Waals surface area contributed by atoms with Crippen molar-refractivity contribution in [3.05, 3.63) is 0 Å². The van der Waals surface area contributed by atoms with Gasteiger partial charge in [0.2, 0.25) is 0 Å². The van der Waals surface area contributed by atoms with Gasteiger partial charge in [-0.2, -0.15) is 0 Å². The maximum absolute atomic E-state index is 0. The third-order valence-electron chi connectivity index (χ3n) is 0. The van der Waals surface area contributed by atoms with Crippen LogP contribution in [0.5, 0.6) is 0 Å². The fourth-order valence-corrected chi connectivity index (χ4v) is 0. The average Bonchev–Trinajstić information content (AvgIpc) is 0. The van der Waals surface area contributed by atoms with Gasteiger partial charge in [0.25, 0.3) is 0 Å². The maximum atomic E-state index is 0. The summed E-state index contributed by atoms with van der Waals surface area (Å²) in [5.74, 6) is 0. The molecule has 13 heavy (non-hydrogen) atoms. The molecule has 13 heteroatoms. The third kappa shape index (κ3) is 2120. The average molecular weight is 373 g/mol. The minimum absolute atomic E-state index is 0. The Labute approximate surface area is 105 Å². The van der Waals surface area contributed by atoms with Crippen LogP contribution in [0, 0.1) is 39.9 Å².